The number of ether oxygens (including phenoxy) is 2. The van der Waals surface area contributed by atoms with Crippen molar-refractivity contribution in [1.29, 1.82) is 0 Å². The first-order chi connectivity index (χ1) is 12.8. The van der Waals surface area contributed by atoms with Crippen LogP contribution in [0.5, 0.6) is 0 Å². The standard InChI is InChI=1S/C18H20F3NO4S/c1-25-11-10-22-9-2-3-15(26-17(23)24)16(22)27-12-8-18(20,21)13-4-6-14(19)7-5-13/h2-7H,8-12H2,1H3,(H,23,24). The van der Waals surface area contributed by atoms with E-state index in [4.69, 9.17) is 14.6 Å². The average molecular weight is 403 g/mol. The molecule has 0 aliphatic carbocycles. The lowest BCUT2D eigenvalue weighted by atomic mass is 10.1. The van der Waals surface area contributed by atoms with Crippen molar-refractivity contribution in [2.75, 3.05) is 32.6 Å². The minimum Gasteiger partial charge on any atom is -0.449 e. The third kappa shape index (κ3) is 6.21. The molecule has 1 heterocycles. The van der Waals surface area contributed by atoms with Crippen LogP contribution in [0.15, 0.2) is 47.2 Å². The van der Waals surface area contributed by atoms with Crippen LogP contribution in [0, 0.1) is 5.82 Å². The van der Waals surface area contributed by atoms with Gasteiger partial charge in [-0.3, -0.25) is 0 Å². The van der Waals surface area contributed by atoms with Crippen molar-refractivity contribution in [2.45, 2.75) is 12.3 Å². The highest BCUT2D eigenvalue weighted by atomic mass is 32.2. The third-order valence-electron chi connectivity index (χ3n) is 3.78. The molecule has 148 valence electrons. The summed E-state index contributed by atoms with van der Waals surface area (Å²) in [5.74, 6) is -3.59. The Morgan fingerprint density at radius 1 is 1.33 bits per heavy atom. The number of benzene rings is 1. The Morgan fingerprint density at radius 2 is 2.04 bits per heavy atom. The van der Waals surface area contributed by atoms with E-state index in [1.54, 1.807) is 6.08 Å². The van der Waals surface area contributed by atoms with Crippen molar-refractivity contribution in [3.05, 3.63) is 58.6 Å². The molecule has 0 saturated heterocycles. The van der Waals surface area contributed by atoms with Crippen LogP contribution in [-0.2, 0) is 15.4 Å². The first-order valence-electron chi connectivity index (χ1n) is 8.15. The summed E-state index contributed by atoms with van der Waals surface area (Å²) in [6.07, 6.45) is 1.27. The second kappa shape index (κ2) is 9.70. The Bertz CT molecular complexity index is 707. The molecule has 1 aliphatic heterocycles. The molecule has 0 atom stereocenters. The summed E-state index contributed by atoms with van der Waals surface area (Å²) < 4.78 is 51.4. The topological polar surface area (TPSA) is 59.0 Å². The van der Waals surface area contributed by atoms with Gasteiger partial charge in [-0.25, -0.2) is 18.0 Å². The quantitative estimate of drug-likeness (QED) is 0.616. The zero-order chi connectivity index (χ0) is 19.9. The molecule has 2 rings (SSSR count). The lowest BCUT2D eigenvalue weighted by molar-refractivity contribution is -0.00708. The van der Waals surface area contributed by atoms with Crippen molar-refractivity contribution in [3.8, 4) is 0 Å². The van der Waals surface area contributed by atoms with E-state index in [9.17, 15) is 18.0 Å². The van der Waals surface area contributed by atoms with Gasteiger partial charge in [0.05, 0.1) is 6.61 Å². The number of rotatable bonds is 9. The average Bonchev–Trinajstić information content (AvgIpc) is 2.61. The summed E-state index contributed by atoms with van der Waals surface area (Å²) in [5, 5.41) is 9.34. The van der Waals surface area contributed by atoms with Crippen LogP contribution in [0.3, 0.4) is 0 Å². The molecule has 1 aliphatic rings. The molecular weight excluding hydrogens is 383 g/mol. The number of thioether (sulfide) groups is 1. The van der Waals surface area contributed by atoms with Gasteiger partial charge in [0.25, 0.3) is 5.92 Å². The summed E-state index contributed by atoms with van der Waals surface area (Å²) >= 11 is 1.09. The van der Waals surface area contributed by atoms with Gasteiger partial charge in [-0.05, 0) is 18.2 Å². The van der Waals surface area contributed by atoms with Gasteiger partial charge >= 0.3 is 6.16 Å². The molecular formula is C18H20F3NO4S. The molecule has 0 spiro atoms. The lowest BCUT2D eigenvalue weighted by Gasteiger charge is -2.29. The number of carbonyl (C=O) groups is 1. The highest BCUT2D eigenvalue weighted by molar-refractivity contribution is 8.03. The van der Waals surface area contributed by atoms with Crippen LogP contribution in [0.25, 0.3) is 0 Å². The monoisotopic (exact) mass is 403 g/mol. The van der Waals surface area contributed by atoms with E-state index in [1.807, 2.05) is 4.90 Å². The van der Waals surface area contributed by atoms with Crippen molar-refractivity contribution < 1.29 is 32.5 Å². The Balaban J connectivity index is 2.07. The predicted octanol–water partition coefficient (Wildman–Crippen LogP) is 4.42. The van der Waals surface area contributed by atoms with Gasteiger partial charge < -0.3 is 19.5 Å². The Hall–Kier alpha value is -2.13. The maximum Gasteiger partial charge on any atom is 0.511 e. The molecule has 0 amide bonds. The fourth-order valence-electron chi connectivity index (χ4n) is 2.44. The zero-order valence-corrected chi connectivity index (χ0v) is 15.5. The molecule has 1 N–H and O–H groups in total. The Kier molecular flexibility index (Phi) is 7.61. The largest absolute Gasteiger partial charge is 0.511 e. The van der Waals surface area contributed by atoms with Gasteiger partial charge in [-0.15, -0.1) is 11.8 Å². The minimum absolute atomic E-state index is 0.0174. The van der Waals surface area contributed by atoms with Crippen LogP contribution in [0.4, 0.5) is 18.0 Å². The van der Waals surface area contributed by atoms with Crippen molar-refractivity contribution in [1.82, 2.24) is 4.90 Å². The minimum atomic E-state index is -3.13. The van der Waals surface area contributed by atoms with E-state index >= 15 is 0 Å². The fourth-order valence-corrected chi connectivity index (χ4v) is 3.59. The molecule has 0 bridgehead atoms. The highest BCUT2D eigenvalue weighted by Crippen LogP contribution is 2.36. The van der Waals surface area contributed by atoms with Gasteiger partial charge in [-0.1, -0.05) is 18.2 Å². The fraction of sp³-hybridized carbons (Fsp3) is 0.389. The predicted molar refractivity (Wildman–Crippen MR) is 96.1 cm³/mol. The molecule has 27 heavy (non-hydrogen) atoms. The van der Waals surface area contributed by atoms with Crippen LogP contribution >= 0.6 is 11.8 Å². The number of hydrogen-bond acceptors (Lipinski definition) is 5. The SMILES string of the molecule is COCCN1CC=CC(OC(=O)O)=C1SCCC(F)(F)c1ccc(F)cc1. The summed E-state index contributed by atoms with van der Waals surface area (Å²) in [6, 6.07) is 4.12. The summed E-state index contributed by atoms with van der Waals surface area (Å²) in [4.78, 5) is 12.7. The van der Waals surface area contributed by atoms with E-state index in [0.717, 1.165) is 36.0 Å². The molecule has 0 unspecified atom stereocenters. The lowest BCUT2D eigenvalue weighted by Crippen LogP contribution is -2.30. The number of hydrogen-bond donors (Lipinski definition) is 1. The van der Waals surface area contributed by atoms with Crippen molar-refractivity contribution >= 4 is 17.9 Å². The maximum absolute atomic E-state index is 14.3. The normalized spacial score (nSPS) is 14.6. The summed E-state index contributed by atoms with van der Waals surface area (Å²) in [5.41, 5.74) is -0.264. The second-order valence-corrected chi connectivity index (χ2v) is 6.77. The molecule has 5 nitrogen and oxygen atoms in total. The number of alkyl halides is 2. The Labute approximate surface area is 159 Å². The van der Waals surface area contributed by atoms with Crippen LogP contribution in [0.2, 0.25) is 0 Å². The number of halogens is 3. The molecule has 0 aromatic heterocycles. The highest BCUT2D eigenvalue weighted by Gasteiger charge is 2.31. The summed E-state index contributed by atoms with van der Waals surface area (Å²) in [7, 11) is 1.54. The van der Waals surface area contributed by atoms with Gasteiger partial charge in [0.15, 0.2) is 5.76 Å². The van der Waals surface area contributed by atoms with Gasteiger partial charge in [0.1, 0.15) is 10.8 Å². The van der Waals surface area contributed by atoms with Crippen LogP contribution in [-0.4, -0.2) is 48.7 Å². The molecule has 0 radical (unpaired) electrons. The number of methoxy groups -OCH3 is 1. The smallest absolute Gasteiger partial charge is 0.449 e. The number of nitrogens with zero attached hydrogens (tertiary/aromatic N) is 1. The van der Waals surface area contributed by atoms with E-state index in [2.05, 4.69) is 0 Å². The van der Waals surface area contributed by atoms with Crippen LogP contribution < -0.4 is 0 Å². The van der Waals surface area contributed by atoms with Crippen LogP contribution in [0.1, 0.15) is 12.0 Å². The van der Waals surface area contributed by atoms with E-state index in [1.165, 1.54) is 13.2 Å². The molecule has 0 saturated carbocycles. The molecule has 0 fully saturated rings. The van der Waals surface area contributed by atoms with E-state index in [0.29, 0.717) is 24.7 Å². The Morgan fingerprint density at radius 3 is 2.67 bits per heavy atom. The summed E-state index contributed by atoms with van der Waals surface area (Å²) in [6.45, 7) is 1.35. The number of allylic oxidation sites excluding steroid dienone is 1. The number of carboxylic acid groups (broad SMARTS) is 1. The molecule has 9 heteroatoms. The van der Waals surface area contributed by atoms with Gasteiger partial charge in [-0.2, -0.15) is 0 Å². The molecule has 1 aromatic carbocycles. The van der Waals surface area contributed by atoms with Gasteiger partial charge in [0, 0.05) is 37.9 Å². The maximum atomic E-state index is 14.3. The van der Waals surface area contributed by atoms with Gasteiger partial charge in [0.2, 0.25) is 0 Å². The van der Waals surface area contributed by atoms with Crippen molar-refractivity contribution in [3.63, 3.8) is 0 Å². The molecule has 1 aromatic rings. The first-order valence-corrected chi connectivity index (χ1v) is 9.14. The zero-order valence-electron chi connectivity index (χ0n) is 14.7. The van der Waals surface area contributed by atoms with E-state index in [-0.39, 0.29) is 17.1 Å². The third-order valence-corrected chi connectivity index (χ3v) is 4.92. The van der Waals surface area contributed by atoms with E-state index < -0.39 is 24.3 Å². The van der Waals surface area contributed by atoms with Crippen molar-refractivity contribution in [2.24, 2.45) is 0 Å². The first kappa shape index (κ1) is 21.2. The second-order valence-electron chi connectivity index (χ2n) is 5.69.